The summed E-state index contributed by atoms with van der Waals surface area (Å²) in [7, 11) is 0. The molecule has 0 fully saturated rings. The van der Waals surface area contributed by atoms with E-state index >= 15 is 0 Å². The molecule has 3 heteroatoms. The molecule has 0 spiro atoms. The van der Waals surface area contributed by atoms with Crippen LogP contribution in [0.1, 0.15) is 5.56 Å². The van der Waals surface area contributed by atoms with E-state index in [1.54, 1.807) is 6.07 Å². The first-order chi connectivity index (χ1) is 5.66. The Morgan fingerprint density at radius 1 is 1.33 bits per heavy atom. The standard InChI is InChI=1S/C9H9NOS/c1-5-2-7(10)6-4-9(11)12-8(6)3-5/h2-4,11H,10H2,1H3. The van der Waals surface area contributed by atoms with Crippen molar-refractivity contribution in [2.24, 2.45) is 0 Å². The SMILES string of the molecule is Cc1cc(N)c2cc(O)sc2c1. The average molecular weight is 179 g/mol. The van der Waals surface area contributed by atoms with Crippen LogP contribution in [0.15, 0.2) is 18.2 Å². The minimum Gasteiger partial charge on any atom is -0.499 e. The second kappa shape index (κ2) is 2.38. The summed E-state index contributed by atoms with van der Waals surface area (Å²) in [6.45, 7) is 1.99. The van der Waals surface area contributed by atoms with Crippen LogP contribution in [-0.2, 0) is 0 Å². The van der Waals surface area contributed by atoms with Crippen LogP contribution in [0.4, 0.5) is 5.69 Å². The highest BCUT2D eigenvalue weighted by Gasteiger charge is 2.03. The molecule has 0 aliphatic carbocycles. The summed E-state index contributed by atoms with van der Waals surface area (Å²) >= 11 is 1.36. The van der Waals surface area contributed by atoms with Gasteiger partial charge in [-0.2, -0.15) is 0 Å². The van der Waals surface area contributed by atoms with Crippen molar-refractivity contribution in [3.05, 3.63) is 23.8 Å². The number of hydrogen-bond acceptors (Lipinski definition) is 3. The number of rotatable bonds is 0. The van der Waals surface area contributed by atoms with Gasteiger partial charge in [0.05, 0.1) is 0 Å². The normalized spacial score (nSPS) is 10.8. The van der Waals surface area contributed by atoms with Crippen molar-refractivity contribution in [2.45, 2.75) is 6.92 Å². The quantitative estimate of drug-likeness (QED) is 0.610. The molecule has 3 N–H and O–H groups in total. The summed E-state index contributed by atoms with van der Waals surface area (Å²) in [4.78, 5) is 0. The van der Waals surface area contributed by atoms with E-state index in [1.807, 2.05) is 19.1 Å². The van der Waals surface area contributed by atoms with Gasteiger partial charge < -0.3 is 10.8 Å². The van der Waals surface area contributed by atoms with Crippen LogP contribution in [0, 0.1) is 6.92 Å². The zero-order chi connectivity index (χ0) is 8.72. The Bertz CT molecular complexity index is 433. The van der Waals surface area contributed by atoms with Crippen molar-refractivity contribution >= 4 is 27.1 Å². The first-order valence-corrected chi connectivity index (χ1v) is 4.47. The zero-order valence-corrected chi connectivity index (χ0v) is 7.48. The first kappa shape index (κ1) is 7.43. The number of benzene rings is 1. The molecule has 0 bridgehead atoms. The van der Waals surface area contributed by atoms with Gasteiger partial charge in [-0.3, -0.25) is 0 Å². The van der Waals surface area contributed by atoms with E-state index < -0.39 is 0 Å². The van der Waals surface area contributed by atoms with Gasteiger partial charge in [0.1, 0.15) is 0 Å². The van der Waals surface area contributed by atoms with Crippen LogP contribution in [0.25, 0.3) is 10.1 Å². The second-order valence-electron chi connectivity index (χ2n) is 2.85. The number of fused-ring (bicyclic) bond motifs is 1. The van der Waals surface area contributed by atoms with Crippen molar-refractivity contribution in [1.82, 2.24) is 0 Å². The van der Waals surface area contributed by atoms with Crippen LogP contribution in [-0.4, -0.2) is 5.11 Å². The Hall–Kier alpha value is -1.22. The van der Waals surface area contributed by atoms with Gasteiger partial charge in [-0.1, -0.05) is 11.3 Å². The molecular formula is C9H9NOS. The summed E-state index contributed by atoms with van der Waals surface area (Å²) in [5.41, 5.74) is 7.63. The third-order valence-corrected chi connectivity index (χ3v) is 2.69. The van der Waals surface area contributed by atoms with Crippen molar-refractivity contribution in [3.63, 3.8) is 0 Å². The lowest BCUT2D eigenvalue weighted by molar-refractivity contribution is 0.491. The topological polar surface area (TPSA) is 46.2 Å². The fourth-order valence-corrected chi connectivity index (χ4v) is 2.23. The highest BCUT2D eigenvalue weighted by Crippen LogP contribution is 2.34. The summed E-state index contributed by atoms with van der Waals surface area (Å²) in [5, 5.41) is 10.5. The Labute approximate surface area is 74.3 Å². The van der Waals surface area contributed by atoms with Gasteiger partial charge >= 0.3 is 0 Å². The maximum absolute atomic E-state index is 9.23. The van der Waals surface area contributed by atoms with Crippen LogP contribution < -0.4 is 5.73 Å². The van der Waals surface area contributed by atoms with E-state index in [-0.39, 0.29) is 0 Å². The molecule has 0 aliphatic rings. The van der Waals surface area contributed by atoms with Crippen molar-refractivity contribution in [3.8, 4) is 5.06 Å². The largest absolute Gasteiger partial charge is 0.499 e. The molecule has 1 aromatic carbocycles. The van der Waals surface area contributed by atoms with Gasteiger partial charge in [-0.15, -0.1) is 0 Å². The van der Waals surface area contributed by atoms with E-state index in [0.29, 0.717) is 5.06 Å². The predicted octanol–water partition coefficient (Wildman–Crippen LogP) is 2.50. The summed E-state index contributed by atoms with van der Waals surface area (Å²) in [6, 6.07) is 5.64. The highest BCUT2D eigenvalue weighted by atomic mass is 32.1. The van der Waals surface area contributed by atoms with Gasteiger partial charge in [0.15, 0.2) is 5.06 Å². The van der Waals surface area contributed by atoms with E-state index in [4.69, 9.17) is 5.73 Å². The number of nitrogen functional groups attached to an aromatic ring is 1. The van der Waals surface area contributed by atoms with Crippen molar-refractivity contribution in [2.75, 3.05) is 5.73 Å². The van der Waals surface area contributed by atoms with Crippen molar-refractivity contribution in [1.29, 1.82) is 0 Å². The molecule has 1 aromatic heterocycles. The fourth-order valence-electron chi connectivity index (χ4n) is 1.30. The van der Waals surface area contributed by atoms with E-state index in [9.17, 15) is 5.11 Å². The monoisotopic (exact) mass is 179 g/mol. The lowest BCUT2D eigenvalue weighted by atomic mass is 10.1. The van der Waals surface area contributed by atoms with Crippen molar-refractivity contribution < 1.29 is 5.11 Å². The minimum atomic E-state index is 0.322. The van der Waals surface area contributed by atoms with Gasteiger partial charge in [0.25, 0.3) is 0 Å². The lowest BCUT2D eigenvalue weighted by Crippen LogP contribution is -1.85. The maximum atomic E-state index is 9.23. The number of anilines is 1. The fraction of sp³-hybridized carbons (Fsp3) is 0.111. The average Bonchev–Trinajstić information content (AvgIpc) is 2.29. The molecule has 2 rings (SSSR count). The van der Waals surface area contributed by atoms with Gasteiger partial charge in [0, 0.05) is 21.8 Å². The van der Waals surface area contributed by atoms with Crippen LogP contribution in [0.3, 0.4) is 0 Å². The van der Waals surface area contributed by atoms with Gasteiger partial charge in [-0.25, -0.2) is 0 Å². The summed E-state index contributed by atoms with van der Waals surface area (Å²) in [5.74, 6) is 0. The predicted molar refractivity (Wildman–Crippen MR) is 52.6 cm³/mol. The molecular weight excluding hydrogens is 170 g/mol. The maximum Gasteiger partial charge on any atom is 0.172 e. The number of aromatic hydroxyl groups is 1. The second-order valence-corrected chi connectivity index (χ2v) is 3.91. The van der Waals surface area contributed by atoms with E-state index in [1.165, 1.54) is 11.3 Å². The lowest BCUT2D eigenvalue weighted by Gasteiger charge is -1.97. The molecule has 62 valence electrons. The number of hydrogen-bond donors (Lipinski definition) is 2. The highest BCUT2D eigenvalue weighted by molar-refractivity contribution is 7.20. The molecule has 1 heterocycles. The molecule has 2 aromatic rings. The van der Waals surface area contributed by atoms with Crippen LogP contribution >= 0.6 is 11.3 Å². The Kier molecular flexibility index (Phi) is 1.48. The molecule has 0 saturated carbocycles. The number of aryl methyl sites for hydroxylation is 1. The van der Waals surface area contributed by atoms with E-state index in [2.05, 4.69) is 0 Å². The zero-order valence-electron chi connectivity index (χ0n) is 6.66. The molecule has 0 unspecified atom stereocenters. The van der Waals surface area contributed by atoms with E-state index in [0.717, 1.165) is 21.3 Å². The Balaban J connectivity index is 2.88. The third kappa shape index (κ3) is 1.02. The van der Waals surface area contributed by atoms with Crippen LogP contribution in [0.5, 0.6) is 5.06 Å². The smallest absolute Gasteiger partial charge is 0.172 e. The molecule has 0 amide bonds. The molecule has 0 aliphatic heterocycles. The third-order valence-electron chi connectivity index (χ3n) is 1.80. The molecule has 2 nitrogen and oxygen atoms in total. The number of thiophene rings is 1. The number of nitrogens with two attached hydrogens (primary N) is 1. The van der Waals surface area contributed by atoms with Gasteiger partial charge in [0.2, 0.25) is 0 Å². The molecule has 12 heavy (non-hydrogen) atoms. The van der Waals surface area contributed by atoms with Gasteiger partial charge in [-0.05, 0) is 24.6 Å². The van der Waals surface area contributed by atoms with Crippen LogP contribution in [0.2, 0.25) is 0 Å². The molecule has 0 radical (unpaired) electrons. The first-order valence-electron chi connectivity index (χ1n) is 3.65. The summed E-state index contributed by atoms with van der Waals surface area (Å²) in [6.07, 6.45) is 0. The molecule has 0 atom stereocenters. The Morgan fingerprint density at radius 2 is 2.08 bits per heavy atom. The molecule has 0 saturated heterocycles. The minimum absolute atomic E-state index is 0.322. The summed E-state index contributed by atoms with van der Waals surface area (Å²) < 4.78 is 1.05. The Morgan fingerprint density at radius 3 is 2.83 bits per heavy atom.